The van der Waals surface area contributed by atoms with Crippen molar-refractivity contribution < 1.29 is 4.79 Å². The first kappa shape index (κ1) is 10.6. The maximum absolute atomic E-state index is 10.4. The summed E-state index contributed by atoms with van der Waals surface area (Å²) in [5, 5.41) is -0.444. The van der Waals surface area contributed by atoms with Gasteiger partial charge in [0.25, 0.3) is 5.24 Å². The van der Waals surface area contributed by atoms with Gasteiger partial charge in [0.2, 0.25) is 0 Å². The van der Waals surface area contributed by atoms with Crippen LogP contribution in [-0.2, 0) is 4.79 Å². The molecule has 0 aromatic carbocycles. The first-order chi connectivity index (χ1) is 6.18. The van der Waals surface area contributed by atoms with Gasteiger partial charge in [0.1, 0.15) is 0 Å². The minimum atomic E-state index is -0.444. The summed E-state index contributed by atoms with van der Waals surface area (Å²) in [6.45, 7) is 2.29. The van der Waals surface area contributed by atoms with E-state index in [1.807, 2.05) is 6.08 Å². The van der Waals surface area contributed by atoms with Crippen LogP contribution in [0, 0.1) is 11.8 Å². The van der Waals surface area contributed by atoms with Crippen LogP contribution in [0.15, 0.2) is 17.9 Å². The zero-order valence-electron chi connectivity index (χ0n) is 7.92. The van der Waals surface area contributed by atoms with Crippen molar-refractivity contribution in [3.63, 3.8) is 0 Å². The highest BCUT2D eigenvalue weighted by atomic mass is 35.5. The highest BCUT2D eigenvalue weighted by molar-refractivity contribution is 6.66. The van der Waals surface area contributed by atoms with E-state index in [2.05, 4.69) is 12.7 Å². The molecule has 2 heteroatoms. The summed E-state index contributed by atoms with van der Waals surface area (Å²) in [6, 6.07) is 0. The summed E-state index contributed by atoms with van der Waals surface area (Å²) in [7, 11) is 0. The Morgan fingerprint density at radius 2 is 2.00 bits per heavy atom. The van der Waals surface area contributed by atoms with E-state index in [0.717, 1.165) is 5.92 Å². The summed E-state index contributed by atoms with van der Waals surface area (Å²) in [6.07, 6.45) is 8.29. The standard InChI is InChI=1S/C11H15ClO/c1-9-5-7-10(8-6-9)3-2-4-11(12)13/h3-4,9-10H,5-8H2,1H3. The Morgan fingerprint density at radius 3 is 2.54 bits per heavy atom. The number of carbonyl (C=O) groups is 1. The number of allylic oxidation sites excluding steroid dienone is 1. The predicted octanol–water partition coefficient (Wildman–Crippen LogP) is 3.29. The normalized spacial score (nSPS) is 27.5. The summed E-state index contributed by atoms with van der Waals surface area (Å²) >= 11 is 5.14. The maximum atomic E-state index is 10.4. The van der Waals surface area contributed by atoms with Gasteiger partial charge in [0.15, 0.2) is 0 Å². The Hall–Kier alpha value is -0.520. The number of hydrogen-bond acceptors (Lipinski definition) is 1. The van der Waals surface area contributed by atoms with Crippen molar-refractivity contribution in [2.75, 3.05) is 0 Å². The molecule has 0 N–H and O–H groups in total. The molecule has 1 aliphatic rings. The van der Waals surface area contributed by atoms with Crippen LogP contribution in [0.25, 0.3) is 0 Å². The lowest BCUT2D eigenvalue weighted by Crippen LogP contribution is -2.09. The minimum Gasteiger partial charge on any atom is -0.276 e. The van der Waals surface area contributed by atoms with Crippen LogP contribution in [0.4, 0.5) is 0 Å². The van der Waals surface area contributed by atoms with Crippen molar-refractivity contribution in [2.45, 2.75) is 32.6 Å². The quantitative estimate of drug-likeness (QED) is 0.378. The summed E-state index contributed by atoms with van der Waals surface area (Å²) in [5.74, 6) is 1.46. The average Bonchev–Trinajstić information content (AvgIpc) is 2.08. The van der Waals surface area contributed by atoms with Gasteiger partial charge in [0.05, 0.1) is 0 Å². The lowest BCUT2D eigenvalue weighted by molar-refractivity contribution is -0.107. The smallest absolute Gasteiger partial charge is 0.252 e. The summed E-state index contributed by atoms with van der Waals surface area (Å²) in [5.41, 5.74) is 2.84. The van der Waals surface area contributed by atoms with E-state index in [0.29, 0.717) is 5.92 Å². The van der Waals surface area contributed by atoms with Crippen molar-refractivity contribution >= 4 is 16.8 Å². The molecule has 0 heterocycles. The van der Waals surface area contributed by atoms with E-state index in [9.17, 15) is 4.79 Å². The predicted molar refractivity (Wildman–Crippen MR) is 54.6 cm³/mol. The first-order valence-corrected chi connectivity index (χ1v) is 5.18. The molecule has 0 aromatic rings. The van der Waals surface area contributed by atoms with Gasteiger partial charge in [0, 0.05) is 6.08 Å². The first-order valence-electron chi connectivity index (χ1n) is 4.80. The third-order valence-corrected chi connectivity index (χ3v) is 2.70. The fourth-order valence-corrected chi connectivity index (χ4v) is 1.77. The van der Waals surface area contributed by atoms with Crippen LogP contribution in [0.3, 0.4) is 0 Å². The molecule has 13 heavy (non-hydrogen) atoms. The fourth-order valence-electron chi connectivity index (χ4n) is 1.70. The molecule has 1 nitrogen and oxygen atoms in total. The van der Waals surface area contributed by atoms with Gasteiger partial charge in [-0.1, -0.05) is 19.8 Å². The van der Waals surface area contributed by atoms with Crippen molar-refractivity contribution in [2.24, 2.45) is 11.8 Å². The van der Waals surface area contributed by atoms with Gasteiger partial charge in [-0.15, -0.1) is 5.73 Å². The summed E-state index contributed by atoms with van der Waals surface area (Å²) in [4.78, 5) is 10.4. The average molecular weight is 199 g/mol. The third-order valence-electron chi connectivity index (χ3n) is 2.59. The lowest BCUT2D eigenvalue weighted by atomic mass is 9.83. The van der Waals surface area contributed by atoms with Gasteiger partial charge in [-0.2, -0.15) is 0 Å². The maximum Gasteiger partial charge on any atom is 0.252 e. The van der Waals surface area contributed by atoms with E-state index in [1.165, 1.54) is 31.8 Å². The van der Waals surface area contributed by atoms with Crippen molar-refractivity contribution in [3.05, 3.63) is 17.9 Å². The molecule has 0 radical (unpaired) electrons. The van der Waals surface area contributed by atoms with Crippen LogP contribution in [-0.4, -0.2) is 5.24 Å². The van der Waals surface area contributed by atoms with Crippen LogP contribution in [0.2, 0.25) is 0 Å². The van der Waals surface area contributed by atoms with Crippen LogP contribution in [0.1, 0.15) is 32.6 Å². The molecule has 1 saturated carbocycles. The molecule has 1 fully saturated rings. The zero-order valence-corrected chi connectivity index (χ0v) is 8.68. The largest absolute Gasteiger partial charge is 0.276 e. The second kappa shape index (κ2) is 5.26. The van der Waals surface area contributed by atoms with Crippen LogP contribution < -0.4 is 0 Å². The SMILES string of the molecule is CC1CCC(C=C=CC(=O)Cl)CC1. The molecular weight excluding hydrogens is 184 g/mol. The Morgan fingerprint density at radius 1 is 1.38 bits per heavy atom. The molecule has 1 aliphatic carbocycles. The van der Waals surface area contributed by atoms with E-state index < -0.39 is 5.24 Å². The van der Waals surface area contributed by atoms with Gasteiger partial charge in [-0.05, 0) is 42.4 Å². The highest BCUT2D eigenvalue weighted by Gasteiger charge is 2.15. The molecule has 1 rings (SSSR count). The van der Waals surface area contributed by atoms with Gasteiger partial charge in [-0.3, -0.25) is 4.79 Å². The Bertz CT molecular complexity index is 230. The topological polar surface area (TPSA) is 17.1 Å². The Balaban J connectivity index is 2.38. The van der Waals surface area contributed by atoms with Gasteiger partial charge in [-0.25, -0.2) is 0 Å². The van der Waals surface area contributed by atoms with Gasteiger partial charge >= 0.3 is 0 Å². The number of rotatable bonds is 2. The van der Waals surface area contributed by atoms with Crippen LogP contribution in [0.5, 0.6) is 0 Å². The molecule has 0 aromatic heterocycles. The second-order valence-electron chi connectivity index (χ2n) is 3.80. The molecule has 0 aliphatic heterocycles. The van der Waals surface area contributed by atoms with E-state index >= 15 is 0 Å². The number of hydrogen-bond donors (Lipinski definition) is 0. The molecule has 0 unspecified atom stereocenters. The fraction of sp³-hybridized carbons (Fsp3) is 0.636. The summed E-state index contributed by atoms with van der Waals surface area (Å²) < 4.78 is 0. The third kappa shape index (κ3) is 4.31. The molecule has 0 bridgehead atoms. The monoisotopic (exact) mass is 198 g/mol. The minimum absolute atomic E-state index is 0.444. The second-order valence-corrected chi connectivity index (χ2v) is 4.17. The molecular formula is C11H15ClO. The Kier molecular flexibility index (Phi) is 4.27. The zero-order chi connectivity index (χ0) is 9.68. The van der Waals surface area contributed by atoms with E-state index in [-0.39, 0.29) is 0 Å². The Labute approximate surface area is 84.5 Å². The van der Waals surface area contributed by atoms with Gasteiger partial charge < -0.3 is 0 Å². The van der Waals surface area contributed by atoms with Crippen molar-refractivity contribution in [1.82, 2.24) is 0 Å². The molecule has 0 saturated heterocycles. The molecule has 0 atom stereocenters. The van der Waals surface area contributed by atoms with Crippen LogP contribution >= 0.6 is 11.6 Å². The molecule has 0 spiro atoms. The van der Waals surface area contributed by atoms with Crippen molar-refractivity contribution in [3.8, 4) is 0 Å². The molecule has 0 amide bonds. The van der Waals surface area contributed by atoms with Crippen molar-refractivity contribution in [1.29, 1.82) is 0 Å². The lowest BCUT2D eigenvalue weighted by Gasteiger charge is -2.22. The highest BCUT2D eigenvalue weighted by Crippen LogP contribution is 2.28. The number of halogens is 1. The van der Waals surface area contributed by atoms with E-state index in [4.69, 9.17) is 11.6 Å². The number of carbonyl (C=O) groups excluding carboxylic acids is 1. The van der Waals surface area contributed by atoms with E-state index in [1.54, 1.807) is 0 Å². The molecule has 72 valence electrons.